The number of nitrogens with two attached hydrogens (primary N) is 1. The molecule has 0 amide bonds. The van der Waals surface area contributed by atoms with Gasteiger partial charge in [-0.05, 0) is 17.9 Å². The molecule has 0 aliphatic heterocycles. The highest BCUT2D eigenvalue weighted by Gasteiger charge is 2.13. The zero-order chi connectivity index (χ0) is 12.3. The van der Waals surface area contributed by atoms with E-state index >= 15 is 0 Å². The average molecular weight is 251 g/mol. The Morgan fingerprint density at radius 2 is 2.47 bits per heavy atom. The largest absolute Gasteiger partial charge is 0.480 e. The number of aromatic nitrogens is 2. The van der Waals surface area contributed by atoms with Gasteiger partial charge in [0, 0.05) is 18.9 Å². The van der Waals surface area contributed by atoms with Gasteiger partial charge in [0.2, 0.25) is 0 Å². The lowest BCUT2D eigenvalue weighted by atomic mass is 10.2. The van der Waals surface area contributed by atoms with Gasteiger partial charge in [0.1, 0.15) is 11.9 Å². The summed E-state index contributed by atoms with van der Waals surface area (Å²) in [5.74, 6) is -0.111. The summed E-state index contributed by atoms with van der Waals surface area (Å²) in [6.45, 7) is 0.556. The predicted octanol–water partition coefficient (Wildman–Crippen LogP) is 1.41. The first-order valence-corrected chi connectivity index (χ1v) is 6.10. The Balaban J connectivity index is 2.08. The first-order chi connectivity index (χ1) is 8.18. The van der Waals surface area contributed by atoms with E-state index in [9.17, 15) is 4.79 Å². The number of carbonyl (C=O) groups is 1. The van der Waals surface area contributed by atoms with Crippen LogP contribution in [0.3, 0.4) is 0 Å². The monoisotopic (exact) mass is 251 g/mol. The van der Waals surface area contributed by atoms with Crippen LogP contribution in [0, 0.1) is 0 Å². The van der Waals surface area contributed by atoms with Crippen LogP contribution in [0.15, 0.2) is 29.9 Å². The Hall–Kier alpha value is -1.66. The highest BCUT2D eigenvalue weighted by Crippen LogP contribution is 2.22. The highest BCUT2D eigenvalue weighted by molar-refractivity contribution is 7.13. The van der Waals surface area contributed by atoms with Crippen LogP contribution in [-0.4, -0.2) is 26.7 Å². The molecule has 0 bridgehead atoms. The summed E-state index contributed by atoms with van der Waals surface area (Å²) in [6.07, 6.45) is 3.94. The second kappa shape index (κ2) is 5.11. The Morgan fingerprint density at radius 1 is 1.65 bits per heavy atom. The average Bonchev–Trinajstić information content (AvgIpc) is 2.95. The number of nitrogens with zero attached hydrogens (tertiary/aromatic N) is 2. The van der Waals surface area contributed by atoms with Crippen molar-refractivity contribution in [3.8, 4) is 10.7 Å². The summed E-state index contributed by atoms with van der Waals surface area (Å²) in [5, 5.41) is 10.7. The van der Waals surface area contributed by atoms with Crippen molar-refractivity contribution in [2.75, 3.05) is 0 Å². The van der Waals surface area contributed by atoms with Gasteiger partial charge in [-0.2, -0.15) is 0 Å². The molecule has 17 heavy (non-hydrogen) atoms. The molecule has 0 fully saturated rings. The first-order valence-electron chi connectivity index (χ1n) is 5.22. The van der Waals surface area contributed by atoms with E-state index in [2.05, 4.69) is 4.98 Å². The Kier molecular flexibility index (Phi) is 3.55. The van der Waals surface area contributed by atoms with E-state index in [1.54, 1.807) is 17.5 Å². The quantitative estimate of drug-likeness (QED) is 0.842. The highest BCUT2D eigenvalue weighted by atomic mass is 32.1. The smallest absolute Gasteiger partial charge is 0.320 e. The van der Waals surface area contributed by atoms with Gasteiger partial charge in [0.05, 0.1) is 4.88 Å². The molecule has 0 aliphatic carbocycles. The fourth-order valence-corrected chi connectivity index (χ4v) is 2.26. The topological polar surface area (TPSA) is 81.1 Å². The maximum Gasteiger partial charge on any atom is 0.320 e. The van der Waals surface area contributed by atoms with Crippen LogP contribution in [0.25, 0.3) is 10.7 Å². The summed E-state index contributed by atoms with van der Waals surface area (Å²) in [4.78, 5) is 16.0. The summed E-state index contributed by atoms with van der Waals surface area (Å²) in [5.41, 5.74) is 5.47. The predicted molar refractivity (Wildman–Crippen MR) is 65.8 cm³/mol. The fraction of sp³-hybridized carbons (Fsp3) is 0.273. The number of rotatable bonds is 5. The molecule has 0 spiro atoms. The molecule has 2 rings (SSSR count). The van der Waals surface area contributed by atoms with Gasteiger partial charge in [-0.3, -0.25) is 4.79 Å². The SMILES string of the molecule is NC(CCn1ccnc1-c1cccs1)C(=O)O. The van der Waals surface area contributed by atoms with Crippen LogP contribution < -0.4 is 5.73 Å². The van der Waals surface area contributed by atoms with E-state index in [1.807, 2.05) is 28.3 Å². The molecule has 1 atom stereocenters. The normalized spacial score (nSPS) is 12.5. The molecule has 2 heterocycles. The lowest BCUT2D eigenvalue weighted by Gasteiger charge is -2.09. The Morgan fingerprint density at radius 3 is 3.12 bits per heavy atom. The number of hydrogen-bond donors (Lipinski definition) is 2. The van der Waals surface area contributed by atoms with E-state index in [0.29, 0.717) is 13.0 Å². The maximum absolute atomic E-state index is 10.6. The molecule has 6 heteroatoms. The number of hydrogen-bond acceptors (Lipinski definition) is 4. The number of carboxylic acids is 1. The number of carboxylic acid groups (broad SMARTS) is 1. The van der Waals surface area contributed by atoms with Gasteiger partial charge in [-0.25, -0.2) is 4.98 Å². The summed E-state index contributed by atoms with van der Waals surface area (Å²) in [7, 11) is 0. The molecule has 0 aromatic carbocycles. The molecular formula is C11H13N3O2S. The van der Waals surface area contributed by atoms with Crippen LogP contribution >= 0.6 is 11.3 Å². The van der Waals surface area contributed by atoms with Crippen molar-refractivity contribution in [2.24, 2.45) is 5.73 Å². The van der Waals surface area contributed by atoms with Crippen molar-refractivity contribution in [3.63, 3.8) is 0 Å². The van der Waals surface area contributed by atoms with Gasteiger partial charge < -0.3 is 15.4 Å². The third-order valence-corrected chi connectivity index (χ3v) is 3.32. The molecule has 90 valence electrons. The summed E-state index contributed by atoms with van der Waals surface area (Å²) in [6, 6.07) is 3.12. The lowest BCUT2D eigenvalue weighted by Crippen LogP contribution is -2.31. The number of aryl methyl sites for hydroxylation is 1. The van der Waals surface area contributed by atoms with Gasteiger partial charge in [-0.1, -0.05) is 6.07 Å². The van der Waals surface area contributed by atoms with Gasteiger partial charge in [0.25, 0.3) is 0 Å². The molecule has 0 radical (unpaired) electrons. The molecule has 0 saturated heterocycles. The van der Waals surface area contributed by atoms with Crippen LogP contribution in [0.5, 0.6) is 0 Å². The van der Waals surface area contributed by atoms with Gasteiger partial charge >= 0.3 is 5.97 Å². The van der Waals surface area contributed by atoms with E-state index in [1.165, 1.54) is 0 Å². The van der Waals surface area contributed by atoms with Crippen LogP contribution in [0.1, 0.15) is 6.42 Å². The van der Waals surface area contributed by atoms with Gasteiger partial charge in [-0.15, -0.1) is 11.3 Å². The fourth-order valence-electron chi connectivity index (χ4n) is 1.52. The zero-order valence-corrected chi connectivity index (χ0v) is 9.93. The molecule has 0 aliphatic rings. The van der Waals surface area contributed by atoms with E-state index in [-0.39, 0.29) is 0 Å². The molecule has 3 N–H and O–H groups in total. The third kappa shape index (κ3) is 2.72. The molecule has 1 unspecified atom stereocenters. The minimum Gasteiger partial charge on any atom is -0.480 e. The second-order valence-corrected chi connectivity index (χ2v) is 4.60. The minimum absolute atomic E-state index is 0.393. The molecule has 2 aromatic heterocycles. The van der Waals surface area contributed by atoms with Crippen LogP contribution in [-0.2, 0) is 11.3 Å². The second-order valence-electron chi connectivity index (χ2n) is 3.65. The Bertz CT molecular complexity index is 493. The summed E-state index contributed by atoms with van der Waals surface area (Å²) >= 11 is 1.60. The zero-order valence-electron chi connectivity index (χ0n) is 9.11. The lowest BCUT2D eigenvalue weighted by molar-refractivity contribution is -0.138. The van der Waals surface area contributed by atoms with Crippen LogP contribution in [0.2, 0.25) is 0 Å². The first kappa shape index (κ1) is 11.8. The minimum atomic E-state index is -0.970. The Labute approximate surface area is 103 Å². The van der Waals surface area contributed by atoms with E-state index < -0.39 is 12.0 Å². The van der Waals surface area contributed by atoms with E-state index in [0.717, 1.165) is 10.7 Å². The standard InChI is InChI=1S/C11H13N3O2S/c12-8(11(15)16)3-5-14-6-4-13-10(14)9-2-1-7-17-9/h1-2,4,6-8H,3,5,12H2,(H,15,16). The number of imidazole rings is 1. The maximum atomic E-state index is 10.6. The number of aliphatic carboxylic acids is 1. The van der Waals surface area contributed by atoms with Crippen molar-refractivity contribution >= 4 is 17.3 Å². The van der Waals surface area contributed by atoms with Crippen LogP contribution in [0.4, 0.5) is 0 Å². The molecule has 0 saturated carbocycles. The van der Waals surface area contributed by atoms with Gasteiger partial charge in [0.15, 0.2) is 0 Å². The number of thiophene rings is 1. The van der Waals surface area contributed by atoms with Crippen molar-refractivity contribution in [3.05, 3.63) is 29.9 Å². The van der Waals surface area contributed by atoms with Crippen molar-refractivity contribution in [1.29, 1.82) is 0 Å². The summed E-state index contributed by atoms with van der Waals surface area (Å²) < 4.78 is 1.93. The molecule has 2 aromatic rings. The molecule has 5 nitrogen and oxygen atoms in total. The van der Waals surface area contributed by atoms with Crippen molar-refractivity contribution in [1.82, 2.24) is 9.55 Å². The third-order valence-electron chi connectivity index (χ3n) is 2.46. The van der Waals surface area contributed by atoms with Crippen molar-refractivity contribution < 1.29 is 9.90 Å². The van der Waals surface area contributed by atoms with Crippen molar-refractivity contribution in [2.45, 2.75) is 19.0 Å². The molecular weight excluding hydrogens is 238 g/mol. The van der Waals surface area contributed by atoms with E-state index in [4.69, 9.17) is 10.8 Å².